The molecule has 162 valence electrons. The highest BCUT2D eigenvalue weighted by Gasteiger charge is 2.49. The number of Topliss-reactive ketones (excluding diaryl/α,β-unsaturated/α-hetero) is 1. The minimum atomic E-state index is -3.56. The van der Waals surface area contributed by atoms with Crippen molar-refractivity contribution in [3.8, 4) is 0 Å². The molecule has 2 heterocycles. The van der Waals surface area contributed by atoms with Gasteiger partial charge >= 0.3 is 0 Å². The van der Waals surface area contributed by atoms with Gasteiger partial charge in [0.2, 0.25) is 10.0 Å². The topological polar surface area (TPSA) is 57.7 Å². The average Bonchev–Trinajstić information content (AvgIpc) is 3.29. The van der Waals surface area contributed by atoms with Crippen molar-refractivity contribution in [3.63, 3.8) is 0 Å². The van der Waals surface area contributed by atoms with Crippen molar-refractivity contribution in [1.82, 2.24) is 9.21 Å². The SMILES string of the molecule is CCN1C(C)=C(Cc2ccccc2S(=O)(=O)N2CC=CC2)C2C(=O)CC(C)(C)CC21. The van der Waals surface area contributed by atoms with Crippen molar-refractivity contribution in [3.05, 3.63) is 53.3 Å². The maximum Gasteiger partial charge on any atom is 0.243 e. The molecule has 0 spiro atoms. The summed E-state index contributed by atoms with van der Waals surface area (Å²) < 4.78 is 28.0. The number of benzene rings is 1. The number of rotatable bonds is 5. The van der Waals surface area contributed by atoms with E-state index in [4.69, 9.17) is 0 Å². The number of carbonyl (C=O) groups excluding carboxylic acids is 1. The zero-order valence-electron chi connectivity index (χ0n) is 18.4. The second-order valence-corrected chi connectivity index (χ2v) is 11.4. The van der Waals surface area contributed by atoms with E-state index in [0.717, 1.165) is 29.8 Å². The maximum absolute atomic E-state index is 13.3. The summed E-state index contributed by atoms with van der Waals surface area (Å²) >= 11 is 0. The normalized spacial score (nSPS) is 26.5. The van der Waals surface area contributed by atoms with E-state index in [-0.39, 0.29) is 17.4 Å². The van der Waals surface area contributed by atoms with Crippen LogP contribution in [-0.2, 0) is 21.2 Å². The molecule has 0 amide bonds. The van der Waals surface area contributed by atoms with Crippen LogP contribution in [0.25, 0.3) is 0 Å². The van der Waals surface area contributed by atoms with Gasteiger partial charge in [-0.1, -0.05) is 44.2 Å². The molecule has 6 heteroatoms. The van der Waals surface area contributed by atoms with Crippen LogP contribution >= 0.6 is 0 Å². The Kier molecular flexibility index (Phi) is 5.43. The highest BCUT2D eigenvalue weighted by molar-refractivity contribution is 7.89. The number of carbonyl (C=O) groups is 1. The van der Waals surface area contributed by atoms with E-state index in [2.05, 4.69) is 32.6 Å². The summed E-state index contributed by atoms with van der Waals surface area (Å²) in [6, 6.07) is 7.47. The zero-order valence-corrected chi connectivity index (χ0v) is 19.2. The molecule has 0 bridgehead atoms. The number of nitrogens with zero attached hydrogens (tertiary/aromatic N) is 2. The Labute approximate surface area is 180 Å². The van der Waals surface area contributed by atoms with Gasteiger partial charge in [-0.3, -0.25) is 4.79 Å². The molecule has 3 aliphatic rings. The fourth-order valence-corrected chi connectivity index (χ4v) is 7.10. The molecule has 1 aromatic carbocycles. The molecule has 0 N–H and O–H groups in total. The summed E-state index contributed by atoms with van der Waals surface area (Å²) in [5, 5.41) is 0. The number of fused-ring (bicyclic) bond motifs is 1. The molecule has 1 aliphatic carbocycles. The van der Waals surface area contributed by atoms with E-state index in [1.54, 1.807) is 12.1 Å². The van der Waals surface area contributed by atoms with Gasteiger partial charge in [0, 0.05) is 37.8 Å². The maximum atomic E-state index is 13.3. The number of hydrogen-bond acceptors (Lipinski definition) is 4. The van der Waals surface area contributed by atoms with Gasteiger partial charge in [0.05, 0.1) is 10.8 Å². The van der Waals surface area contributed by atoms with Crippen LogP contribution in [0.4, 0.5) is 0 Å². The highest BCUT2D eigenvalue weighted by Crippen LogP contribution is 2.47. The van der Waals surface area contributed by atoms with Gasteiger partial charge < -0.3 is 4.90 Å². The van der Waals surface area contributed by atoms with Crippen LogP contribution in [0.1, 0.15) is 46.1 Å². The molecule has 0 saturated heterocycles. The van der Waals surface area contributed by atoms with E-state index in [0.29, 0.717) is 36.6 Å². The second-order valence-electron chi connectivity index (χ2n) is 9.53. The van der Waals surface area contributed by atoms with Crippen LogP contribution in [0.2, 0.25) is 0 Å². The first-order valence-electron chi connectivity index (χ1n) is 10.9. The molecule has 0 aromatic heterocycles. The predicted molar refractivity (Wildman–Crippen MR) is 118 cm³/mol. The van der Waals surface area contributed by atoms with Crippen molar-refractivity contribution < 1.29 is 13.2 Å². The monoisotopic (exact) mass is 428 g/mol. The minimum absolute atomic E-state index is 0.00536. The first-order chi connectivity index (χ1) is 14.2. The summed E-state index contributed by atoms with van der Waals surface area (Å²) in [6.07, 6.45) is 5.84. The molecule has 1 fully saturated rings. The highest BCUT2D eigenvalue weighted by atomic mass is 32.2. The molecule has 1 saturated carbocycles. The van der Waals surface area contributed by atoms with Crippen LogP contribution in [0.3, 0.4) is 0 Å². The van der Waals surface area contributed by atoms with Gasteiger partial charge in [-0.25, -0.2) is 8.42 Å². The van der Waals surface area contributed by atoms with Gasteiger partial charge in [-0.05, 0) is 49.3 Å². The predicted octanol–water partition coefficient (Wildman–Crippen LogP) is 3.77. The lowest BCUT2D eigenvalue weighted by molar-refractivity contribution is -0.128. The van der Waals surface area contributed by atoms with Crippen LogP contribution in [-0.4, -0.2) is 49.1 Å². The van der Waals surface area contributed by atoms with E-state index in [1.165, 1.54) is 4.31 Å². The van der Waals surface area contributed by atoms with Crippen LogP contribution in [0.15, 0.2) is 52.6 Å². The lowest BCUT2D eigenvalue weighted by Gasteiger charge is -2.41. The fourth-order valence-electron chi connectivity index (χ4n) is 5.54. The molecular formula is C24H32N2O3S. The molecule has 2 unspecified atom stereocenters. The summed E-state index contributed by atoms with van der Waals surface area (Å²) in [5.74, 6) is 0.174. The van der Waals surface area contributed by atoms with E-state index in [1.807, 2.05) is 24.3 Å². The quantitative estimate of drug-likeness (QED) is 0.670. The third kappa shape index (κ3) is 3.54. The van der Waals surface area contributed by atoms with Gasteiger partial charge in [-0.2, -0.15) is 4.31 Å². The van der Waals surface area contributed by atoms with Crippen molar-refractivity contribution in [2.75, 3.05) is 19.6 Å². The second kappa shape index (κ2) is 7.65. The van der Waals surface area contributed by atoms with E-state index < -0.39 is 10.0 Å². The Morgan fingerprint density at radius 3 is 2.47 bits per heavy atom. The first kappa shape index (κ1) is 21.3. The molecular weight excluding hydrogens is 396 g/mol. The fraction of sp³-hybridized carbons (Fsp3) is 0.542. The summed E-state index contributed by atoms with van der Waals surface area (Å²) in [7, 11) is -3.56. The largest absolute Gasteiger partial charge is 0.371 e. The van der Waals surface area contributed by atoms with Crippen molar-refractivity contribution in [1.29, 1.82) is 0 Å². The molecule has 0 radical (unpaired) electrons. The summed E-state index contributed by atoms with van der Waals surface area (Å²) in [4.78, 5) is 15.9. The standard InChI is InChI=1S/C24H32N2O3S/c1-5-26-17(2)19(23-20(26)15-24(3,4)16-21(23)27)14-18-10-6-7-11-22(18)30(28,29)25-12-8-9-13-25/h6-11,20,23H,5,12-16H2,1-4H3. The summed E-state index contributed by atoms with van der Waals surface area (Å²) in [6.45, 7) is 10.3. The third-order valence-corrected chi connectivity index (χ3v) is 8.85. The third-order valence-electron chi connectivity index (χ3n) is 6.91. The number of hydrogen-bond donors (Lipinski definition) is 0. The zero-order chi connectivity index (χ0) is 21.7. The minimum Gasteiger partial charge on any atom is -0.371 e. The van der Waals surface area contributed by atoms with Crippen LogP contribution in [0, 0.1) is 11.3 Å². The van der Waals surface area contributed by atoms with E-state index in [9.17, 15) is 13.2 Å². The Balaban J connectivity index is 1.71. The van der Waals surface area contributed by atoms with Crippen LogP contribution in [0.5, 0.6) is 0 Å². The number of allylic oxidation sites excluding steroid dienone is 1. The molecule has 4 rings (SSSR count). The Morgan fingerprint density at radius 1 is 1.13 bits per heavy atom. The van der Waals surface area contributed by atoms with Gasteiger partial charge in [0.15, 0.2) is 0 Å². The van der Waals surface area contributed by atoms with E-state index >= 15 is 0 Å². The number of sulfonamides is 1. The van der Waals surface area contributed by atoms with Gasteiger partial charge in [0.1, 0.15) is 5.78 Å². The smallest absolute Gasteiger partial charge is 0.243 e. The Bertz CT molecular complexity index is 1010. The van der Waals surface area contributed by atoms with Gasteiger partial charge in [0.25, 0.3) is 0 Å². The lowest BCUT2D eigenvalue weighted by atomic mass is 9.68. The van der Waals surface area contributed by atoms with Gasteiger partial charge in [-0.15, -0.1) is 0 Å². The van der Waals surface area contributed by atoms with Crippen molar-refractivity contribution in [2.24, 2.45) is 11.3 Å². The molecule has 5 nitrogen and oxygen atoms in total. The first-order valence-corrected chi connectivity index (χ1v) is 12.3. The summed E-state index contributed by atoms with van der Waals surface area (Å²) in [5.41, 5.74) is 3.04. The molecule has 30 heavy (non-hydrogen) atoms. The Hall–Kier alpha value is -1.92. The molecule has 2 atom stereocenters. The molecule has 2 aliphatic heterocycles. The number of ketones is 1. The Morgan fingerprint density at radius 2 is 1.80 bits per heavy atom. The average molecular weight is 429 g/mol. The van der Waals surface area contributed by atoms with Crippen molar-refractivity contribution in [2.45, 2.75) is 57.9 Å². The lowest BCUT2D eigenvalue weighted by Crippen LogP contribution is -2.45. The molecule has 1 aromatic rings. The van der Waals surface area contributed by atoms with Crippen LogP contribution < -0.4 is 0 Å². The van der Waals surface area contributed by atoms with Crippen molar-refractivity contribution >= 4 is 15.8 Å².